The highest BCUT2D eigenvalue weighted by Gasteiger charge is 2.35. The molecule has 0 aromatic carbocycles. The fourth-order valence-corrected chi connectivity index (χ4v) is 7.59. The molecule has 3 N–H and O–H groups in total. The first-order valence-corrected chi connectivity index (χ1v) is 15.2. The van der Waals surface area contributed by atoms with Crippen molar-refractivity contribution in [2.24, 2.45) is 0 Å². The molecule has 0 bridgehead atoms. The summed E-state index contributed by atoms with van der Waals surface area (Å²) in [6.45, 7) is 4.14. The molecule has 3 aromatic heterocycles. The zero-order chi connectivity index (χ0) is 25.4. The van der Waals surface area contributed by atoms with Crippen molar-refractivity contribution >= 4 is 56.0 Å². The number of sulfonamides is 1. The van der Waals surface area contributed by atoms with Gasteiger partial charge in [-0.05, 0) is 67.4 Å². The van der Waals surface area contributed by atoms with E-state index >= 15 is 0 Å². The lowest BCUT2D eigenvalue weighted by molar-refractivity contribution is -0.137. The van der Waals surface area contributed by atoms with Gasteiger partial charge < -0.3 is 15.3 Å². The Labute approximate surface area is 217 Å². The molecule has 0 saturated carbocycles. The van der Waals surface area contributed by atoms with Gasteiger partial charge >= 0.3 is 6.09 Å². The smallest absolute Gasteiger partial charge is 0.404 e. The van der Waals surface area contributed by atoms with Crippen LogP contribution in [-0.4, -0.2) is 43.0 Å². The van der Waals surface area contributed by atoms with E-state index in [1.807, 2.05) is 48.9 Å². The number of rotatable bonds is 13. The summed E-state index contributed by atoms with van der Waals surface area (Å²) in [6, 6.07) is 9.45. The van der Waals surface area contributed by atoms with Crippen molar-refractivity contribution in [3.05, 3.63) is 62.3 Å². The molecular weight excluding hydrogens is 527 g/mol. The van der Waals surface area contributed by atoms with Crippen LogP contribution in [0.1, 0.15) is 54.9 Å². The van der Waals surface area contributed by atoms with Gasteiger partial charge in [-0.25, -0.2) is 13.2 Å². The van der Waals surface area contributed by atoms with Gasteiger partial charge in [-0.15, -0.1) is 34.0 Å². The van der Waals surface area contributed by atoms with Gasteiger partial charge in [0.25, 0.3) is 10.0 Å². The molecule has 0 radical (unpaired) electrons. The minimum absolute atomic E-state index is 0.145. The van der Waals surface area contributed by atoms with Gasteiger partial charge in [0.15, 0.2) is 0 Å². The van der Waals surface area contributed by atoms with Crippen molar-refractivity contribution in [1.29, 1.82) is 0 Å². The Morgan fingerprint density at radius 3 is 2.00 bits per heavy atom. The van der Waals surface area contributed by atoms with E-state index in [1.165, 1.54) is 6.07 Å². The predicted octanol–water partition coefficient (Wildman–Crippen LogP) is 5.31. The van der Waals surface area contributed by atoms with Gasteiger partial charge in [-0.2, -0.15) is 4.72 Å². The molecule has 0 fully saturated rings. The minimum Gasteiger partial charge on any atom is -0.465 e. The molecule has 0 aliphatic carbocycles. The van der Waals surface area contributed by atoms with E-state index < -0.39 is 22.2 Å². The molecule has 3 rings (SSSR count). The van der Waals surface area contributed by atoms with E-state index in [9.17, 15) is 18.0 Å². The van der Waals surface area contributed by atoms with Crippen molar-refractivity contribution in [2.45, 2.75) is 55.4 Å². The third-order valence-electron chi connectivity index (χ3n) is 5.55. The van der Waals surface area contributed by atoms with Crippen LogP contribution in [0.5, 0.6) is 0 Å². The summed E-state index contributed by atoms with van der Waals surface area (Å²) in [5, 5.41) is 16.7. The first-order chi connectivity index (χ1) is 16.7. The molecule has 3 aromatic rings. The quantitative estimate of drug-likeness (QED) is 0.247. The lowest BCUT2D eigenvalue weighted by atomic mass is 10.0. The van der Waals surface area contributed by atoms with Gasteiger partial charge in [0.1, 0.15) is 10.3 Å². The SMILES string of the molecule is CC(c1cccs1)N(C(=O)[C@H](CCCCNC(=O)O)NS(=O)(=O)c1cccs1)C(C)c1cccs1. The predicted molar refractivity (Wildman–Crippen MR) is 141 cm³/mol. The number of nitrogens with one attached hydrogen (secondary N) is 2. The lowest BCUT2D eigenvalue weighted by Crippen LogP contribution is -2.49. The average Bonchev–Trinajstić information content (AvgIpc) is 3.60. The maximum absolute atomic E-state index is 14.0. The Hall–Kier alpha value is -2.25. The number of carbonyl (C=O) groups is 2. The van der Waals surface area contributed by atoms with Crippen LogP contribution in [0.3, 0.4) is 0 Å². The number of carbonyl (C=O) groups excluding carboxylic acids is 1. The zero-order valence-electron chi connectivity index (χ0n) is 19.4. The highest BCUT2D eigenvalue weighted by atomic mass is 32.2. The monoisotopic (exact) mass is 555 g/mol. The van der Waals surface area contributed by atoms with Gasteiger partial charge in [0.05, 0.1) is 12.1 Å². The highest BCUT2D eigenvalue weighted by Crippen LogP contribution is 2.35. The van der Waals surface area contributed by atoms with Crippen molar-refractivity contribution in [1.82, 2.24) is 14.9 Å². The molecule has 3 heterocycles. The van der Waals surface area contributed by atoms with E-state index in [0.717, 1.165) is 21.1 Å². The summed E-state index contributed by atoms with van der Waals surface area (Å²) in [5.41, 5.74) is 0. The van der Waals surface area contributed by atoms with Gasteiger partial charge in [-0.1, -0.05) is 18.2 Å². The third kappa shape index (κ3) is 7.37. The number of unbranched alkanes of at least 4 members (excludes halogenated alkanes) is 1. The molecule has 35 heavy (non-hydrogen) atoms. The van der Waals surface area contributed by atoms with Crippen LogP contribution in [0.25, 0.3) is 0 Å². The average molecular weight is 556 g/mol. The Kier molecular flexibility index (Phi) is 9.87. The van der Waals surface area contributed by atoms with E-state index in [4.69, 9.17) is 5.11 Å². The van der Waals surface area contributed by atoms with E-state index in [0.29, 0.717) is 12.8 Å². The minimum atomic E-state index is -3.89. The second kappa shape index (κ2) is 12.6. The van der Waals surface area contributed by atoms with E-state index in [2.05, 4.69) is 10.0 Å². The molecule has 2 unspecified atom stereocenters. The molecule has 0 aliphatic rings. The molecule has 3 atom stereocenters. The Bertz CT molecular complexity index is 1120. The number of thiophene rings is 3. The van der Waals surface area contributed by atoms with E-state index in [1.54, 1.807) is 39.0 Å². The first-order valence-electron chi connectivity index (χ1n) is 11.1. The molecule has 2 amide bonds. The van der Waals surface area contributed by atoms with Crippen LogP contribution in [0, 0.1) is 0 Å². The Morgan fingerprint density at radius 2 is 1.51 bits per heavy atom. The number of nitrogens with zero attached hydrogens (tertiary/aromatic N) is 1. The summed E-state index contributed by atoms with van der Waals surface area (Å²) in [4.78, 5) is 28.5. The molecular formula is C23H29N3O5S4. The van der Waals surface area contributed by atoms with Gasteiger partial charge in [0, 0.05) is 16.3 Å². The van der Waals surface area contributed by atoms with Crippen molar-refractivity contribution in [3.8, 4) is 0 Å². The van der Waals surface area contributed by atoms with Crippen LogP contribution < -0.4 is 10.0 Å². The highest BCUT2D eigenvalue weighted by molar-refractivity contribution is 7.91. The normalized spacial score (nSPS) is 14.2. The Morgan fingerprint density at radius 1 is 0.943 bits per heavy atom. The standard InChI is InChI=1S/C23H29N3O5S4/c1-16(19-9-5-13-32-19)26(17(2)20-10-6-14-33-20)22(27)18(8-3-4-12-24-23(28)29)25-35(30,31)21-11-7-15-34-21/h5-7,9-11,13-18,24-25H,3-4,8,12H2,1-2H3,(H,28,29)/t16?,17?,18-/m0/s1. The number of hydrogen-bond donors (Lipinski definition) is 3. The van der Waals surface area contributed by atoms with Crippen LogP contribution in [-0.2, 0) is 14.8 Å². The first kappa shape index (κ1) is 27.3. The van der Waals surface area contributed by atoms with Crippen molar-refractivity contribution < 1.29 is 23.1 Å². The van der Waals surface area contributed by atoms with Gasteiger partial charge in [-0.3, -0.25) is 4.79 Å². The van der Waals surface area contributed by atoms with Gasteiger partial charge in [0.2, 0.25) is 5.91 Å². The third-order valence-corrected chi connectivity index (χ3v) is 10.5. The molecule has 0 spiro atoms. The Balaban J connectivity index is 1.88. The molecule has 12 heteroatoms. The summed E-state index contributed by atoms with van der Waals surface area (Å²) in [5.74, 6) is -0.307. The topological polar surface area (TPSA) is 116 Å². The van der Waals surface area contributed by atoms with Crippen molar-refractivity contribution in [2.75, 3.05) is 6.54 Å². The number of amides is 2. The van der Waals surface area contributed by atoms with E-state index in [-0.39, 0.29) is 35.2 Å². The fraction of sp³-hybridized carbons (Fsp3) is 0.391. The molecule has 0 aliphatic heterocycles. The summed E-state index contributed by atoms with van der Waals surface area (Å²) < 4.78 is 28.9. The summed E-state index contributed by atoms with van der Waals surface area (Å²) in [7, 11) is -3.89. The second-order valence-electron chi connectivity index (χ2n) is 7.96. The van der Waals surface area contributed by atoms with Crippen LogP contribution in [0.15, 0.2) is 56.7 Å². The molecule has 8 nitrogen and oxygen atoms in total. The second-order valence-corrected chi connectivity index (χ2v) is 12.8. The number of hydrogen-bond acceptors (Lipinski definition) is 7. The number of carboxylic acid groups (broad SMARTS) is 1. The fourth-order valence-electron chi connectivity index (χ4n) is 3.79. The van der Waals surface area contributed by atoms with Crippen LogP contribution in [0.4, 0.5) is 4.79 Å². The molecule has 0 saturated heterocycles. The maximum atomic E-state index is 14.0. The summed E-state index contributed by atoms with van der Waals surface area (Å²) in [6.07, 6.45) is 0.0859. The summed E-state index contributed by atoms with van der Waals surface area (Å²) >= 11 is 4.19. The maximum Gasteiger partial charge on any atom is 0.404 e. The van der Waals surface area contributed by atoms with Crippen LogP contribution >= 0.6 is 34.0 Å². The lowest BCUT2D eigenvalue weighted by Gasteiger charge is -2.36. The zero-order valence-corrected chi connectivity index (χ0v) is 22.7. The largest absolute Gasteiger partial charge is 0.465 e. The molecule has 190 valence electrons. The van der Waals surface area contributed by atoms with Crippen molar-refractivity contribution in [3.63, 3.8) is 0 Å². The van der Waals surface area contributed by atoms with Crippen LogP contribution in [0.2, 0.25) is 0 Å².